The molecule has 3 nitrogen and oxygen atoms in total. The maximum Gasteiger partial charge on any atom is 0.0784 e. The third kappa shape index (κ3) is 23.1. The quantitative estimate of drug-likeness (QED) is 0.167. The highest BCUT2D eigenvalue weighted by Crippen LogP contribution is 2.19. The van der Waals surface area contributed by atoms with Crippen LogP contribution in [0.4, 0.5) is 0 Å². The van der Waals surface area contributed by atoms with Crippen LogP contribution in [0.2, 0.25) is 0 Å². The van der Waals surface area contributed by atoms with Gasteiger partial charge in [0.1, 0.15) is 0 Å². The Balaban J connectivity index is 0. The monoisotopic (exact) mass is 781 g/mol. The first-order chi connectivity index (χ1) is 16.9. The molecule has 3 fully saturated rings. The van der Waals surface area contributed by atoms with E-state index in [0.29, 0.717) is 0 Å². The molecule has 7 heteroatoms. The Labute approximate surface area is 271 Å². The van der Waals surface area contributed by atoms with Crippen LogP contribution in [0.15, 0.2) is 0 Å². The van der Waals surface area contributed by atoms with Crippen molar-refractivity contribution in [1.29, 1.82) is 0 Å². The van der Waals surface area contributed by atoms with Gasteiger partial charge in [-0.2, -0.15) is 0 Å². The summed E-state index contributed by atoms with van der Waals surface area (Å²) in [6.07, 6.45) is 24.3. The molecule has 3 rings (SSSR count). The molecule has 0 spiro atoms. The van der Waals surface area contributed by atoms with Gasteiger partial charge in [0, 0.05) is 10.7 Å². The topological polar surface area (TPSA) is 3.24 Å². The molecule has 0 saturated carbocycles. The lowest BCUT2D eigenvalue weighted by atomic mass is 10.1. The van der Waals surface area contributed by atoms with Crippen LogP contribution in [0.5, 0.6) is 0 Å². The molecule has 0 radical (unpaired) electrons. The highest BCUT2D eigenvalue weighted by Gasteiger charge is 2.25. The summed E-state index contributed by atoms with van der Waals surface area (Å²) in [7, 11) is 7.16. The summed E-state index contributed by atoms with van der Waals surface area (Å²) in [5.41, 5.74) is 0. The molecular weight excluding hydrogens is 722 g/mol. The van der Waals surface area contributed by atoms with Crippen LogP contribution in [-0.4, -0.2) is 98.0 Å². The van der Waals surface area contributed by atoms with Gasteiger partial charge in [0.2, 0.25) is 0 Å². The van der Waals surface area contributed by atoms with E-state index in [9.17, 15) is 0 Å². The number of rotatable bonds is 12. The fourth-order valence-electron chi connectivity index (χ4n) is 5.93. The molecule has 0 amide bonds. The van der Waals surface area contributed by atoms with E-state index in [-0.39, 0.29) is 34.0 Å². The number of unbranched alkanes of at least 4 members (excludes halogenated alkanes) is 6. The molecule has 0 aromatic heterocycles. The summed E-state index contributed by atoms with van der Waals surface area (Å²) in [5, 5.41) is 2.32. The average molecular weight is 785 g/mol. The smallest absolute Gasteiger partial charge is 0.0784 e. The molecular formula is C30H63Br4N3. The van der Waals surface area contributed by atoms with E-state index in [0.717, 1.165) is 10.7 Å². The van der Waals surface area contributed by atoms with Crippen molar-refractivity contribution in [3.8, 4) is 0 Å². The van der Waals surface area contributed by atoms with Crippen molar-refractivity contribution in [1.82, 2.24) is 4.90 Å². The fraction of sp³-hybridized carbons (Fsp3) is 1.00. The zero-order valence-corrected chi connectivity index (χ0v) is 31.3. The Bertz CT molecular complexity index is 430. The van der Waals surface area contributed by atoms with E-state index in [2.05, 4.69) is 57.9 Å². The number of nitrogens with zero attached hydrogens (tertiary/aromatic N) is 3. The number of halogens is 4. The number of hydrogen-bond donors (Lipinski definition) is 0. The number of hydrogen-bond acceptors (Lipinski definition) is 1. The second-order valence-electron chi connectivity index (χ2n) is 12.3. The van der Waals surface area contributed by atoms with Crippen molar-refractivity contribution in [3.63, 3.8) is 0 Å². The lowest BCUT2D eigenvalue weighted by Gasteiger charge is -2.38. The maximum absolute atomic E-state index is 3.39. The molecule has 3 heterocycles. The first kappa shape index (κ1) is 40.9. The zero-order valence-electron chi connectivity index (χ0n) is 24.9. The summed E-state index contributed by atoms with van der Waals surface area (Å²) < 4.78 is 2.74. The predicted molar refractivity (Wildman–Crippen MR) is 165 cm³/mol. The van der Waals surface area contributed by atoms with Gasteiger partial charge in [0.25, 0.3) is 0 Å². The molecule has 3 aliphatic rings. The number of likely N-dealkylation sites (tertiary alicyclic amines) is 3. The minimum absolute atomic E-state index is 0. The SMILES string of the molecule is BrCCCCCCBr.CN1CCCCC1.C[N+]1(CCCCCC[N+]2(C)CCCCC2)CCCCC1.[Br-].[Br-]. The van der Waals surface area contributed by atoms with Gasteiger partial charge in [-0.1, -0.05) is 51.1 Å². The van der Waals surface area contributed by atoms with Crippen LogP contribution >= 0.6 is 31.9 Å². The van der Waals surface area contributed by atoms with Gasteiger partial charge < -0.3 is 47.8 Å². The van der Waals surface area contributed by atoms with Crippen molar-refractivity contribution in [3.05, 3.63) is 0 Å². The van der Waals surface area contributed by atoms with Gasteiger partial charge in [-0.25, -0.2) is 0 Å². The summed E-state index contributed by atoms with van der Waals surface area (Å²) in [6.45, 7) is 11.3. The third-order valence-corrected chi connectivity index (χ3v) is 9.66. The van der Waals surface area contributed by atoms with E-state index < -0.39 is 0 Å². The molecule has 0 N–H and O–H groups in total. The molecule has 0 aliphatic carbocycles. The van der Waals surface area contributed by atoms with E-state index in [1.54, 1.807) is 0 Å². The lowest BCUT2D eigenvalue weighted by Crippen LogP contribution is -3.00. The normalized spacial score (nSPS) is 20.7. The van der Waals surface area contributed by atoms with E-state index in [4.69, 9.17) is 0 Å². The lowest BCUT2D eigenvalue weighted by molar-refractivity contribution is -0.914. The van der Waals surface area contributed by atoms with Gasteiger partial charge in [-0.3, -0.25) is 0 Å². The Morgan fingerprint density at radius 3 is 1.11 bits per heavy atom. The number of alkyl halides is 2. The minimum atomic E-state index is 0. The van der Waals surface area contributed by atoms with E-state index >= 15 is 0 Å². The van der Waals surface area contributed by atoms with Crippen LogP contribution in [-0.2, 0) is 0 Å². The highest BCUT2D eigenvalue weighted by atomic mass is 79.9. The Morgan fingerprint density at radius 2 is 0.811 bits per heavy atom. The standard InChI is InChI=1S/C18H38N2.C6H12Br2.C6H13N.2BrH/c1-19(15-9-5-10-16-19)13-7-3-4-8-14-20(2)17-11-6-12-18-20;7-5-3-1-2-4-6-8;1-7-5-3-2-4-6-7;;/h3-18H2,1-2H3;1-6H2;2-6H2,1H3;2*1H/q+2;;;;/p-2. The van der Waals surface area contributed by atoms with Gasteiger partial charge in [-0.15, -0.1) is 0 Å². The second-order valence-corrected chi connectivity index (χ2v) is 13.9. The Morgan fingerprint density at radius 1 is 0.486 bits per heavy atom. The molecule has 37 heavy (non-hydrogen) atoms. The molecule has 0 bridgehead atoms. The fourth-order valence-corrected chi connectivity index (χ4v) is 6.73. The summed E-state index contributed by atoms with van der Waals surface area (Å²) in [6, 6.07) is 0. The third-order valence-electron chi connectivity index (χ3n) is 8.53. The van der Waals surface area contributed by atoms with Crippen LogP contribution in [0.25, 0.3) is 0 Å². The molecule has 0 aromatic carbocycles. The van der Waals surface area contributed by atoms with Crippen LogP contribution in [0.3, 0.4) is 0 Å². The van der Waals surface area contributed by atoms with E-state index in [1.807, 2.05) is 0 Å². The Hall–Kier alpha value is 1.80. The van der Waals surface area contributed by atoms with Crippen molar-refractivity contribution >= 4 is 31.9 Å². The van der Waals surface area contributed by atoms with Gasteiger partial charge in [-0.05, 0) is 110 Å². The number of quaternary nitrogens is 2. The van der Waals surface area contributed by atoms with Crippen molar-refractivity contribution in [2.24, 2.45) is 0 Å². The molecule has 3 aliphatic heterocycles. The van der Waals surface area contributed by atoms with Crippen molar-refractivity contribution < 1.29 is 42.9 Å². The highest BCUT2D eigenvalue weighted by molar-refractivity contribution is 9.09. The predicted octanol–water partition coefficient (Wildman–Crippen LogP) is 2.25. The van der Waals surface area contributed by atoms with Gasteiger partial charge >= 0.3 is 0 Å². The van der Waals surface area contributed by atoms with Gasteiger partial charge in [0.15, 0.2) is 0 Å². The Kier molecular flexibility index (Phi) is 29.5. The molecule has 226 valence electrons. The molecule has 0 aromatic rings. The summed E-state index contributed by atoms with van der Waals surface area (Å²) >= 11 is 6.78. The van der Waals surface area contributed by atoms with Crippen LogP contribution in [0.1, 0.15) is 109 Å². The van der Waals surface area contributed by atoms with E-state index in [1.165, 1.54) is 170 Å². The second kappa shape index (κ2) is 26.7. The van der Waals surface area contributed by atoms with Crippen molar-refractivity contribution in [2.75, 3.05) is 84.2 Å². The van der Waals surface area contributed by atoms with Crippen molar-refractivity contribution in [2.45, 2.75) is 109 Å². The molecule has 0 unspecified atom stereocenters. The first-order valence-electron chi connectivity index (χ1n) is 15.4. The van der Waals surface area contributed by atoms with Crippen LogP contribution < -0.4 is 34.0 Å². The molecule has 3 saturated heterocycles. The van der Waals surface area contributed by atoms with Gasteiger partial charge in [0.05, 0.1) is 53.4 Å². The molecule has 0 atom stereocenters. The first-order valence-corrected chi connectivity index (χ1v) is 17.6. The largest absolute Gasteiger partial charge is 1.00 e. The van der Waals surface area contributed by atoms with Crippen LogP contribution in [0, 0.1) is 0 Å². The average Bonchev–Trinajstić information content (AvgIpc) is 2.86. The summed E-state index contributed by atoms with van der Waals surface area (Å²) in [5.74, 6) is 0. The number of piperidine rings is 3. The maximum atomic E-state index is 3.39. The minimum Gasteiger partial charge on any atom is -1.00 e. The summed E-state index contributed by atoms with van der Waals surface area (Å²) in [4.78, 5) is 2.39. The zero-order chi connectivity index (χ0) is 25.7.